The van der Waals surface area contributed by atoms with Crippen molar-refractivity contribution in [2.24, 2.45) is 12.0 Å². The van der Waals surface area contributed by atoms with Gasteiger partial charge in [-0.1, -0.05) is 30.0 Å². The SMILES string of the molecule is CSC1=N/C(=C\c2cn(C)c3ccccc23)C(=O)N1C. The summed E-state index contributed by atoms with van der Waals surface area (Å²) in [6.45, 7) is 0. The number of carbonyl (C=O) groups is 1. The molecule has 0 radical (unpaired) electrons. The molecule has 0 unspecified atom stereocenters. The zero-order valence-corrected chi connectivity index (χ0v) is 12.4. The molecule has 1 aromatic carbocycles. The number of amides is 1. The lowest BCUT2D eigenvalue weighted by molar-refractivity contribution is -0.121. The van der Waals surface area contributed by atoms with E-state index in [0.717, 1.165) is 21.6 Å². The third-order valence-corrected chi connectivity index (χ3v) is 4.16. The van der Waals surface area contributed by atoms with Crippen molar-refractivity contribution in [2.45, 2.75) is 0 Å². The fourth-order valence-electron chi connectivity index (χ4n) is 2.40. The lowest BCUT2D eigenvalue weighted by atomic mass is 10.1. The number of nitrogens with zero attached hydrogens (tertiary/aromatic N) is 3. The molecule has 2 heterocycles. The highest BCUT2D eigenvalue weighted by atomic mass is 32.2. The predicted molar refractivity (Wildman–Crippen MR) is 84.6 cm³/mol. The van der Waals surface area contributed by atoms with Crippen molar-refractivity contribution >= 4 is 39.8 Å². The van der Waals surface area contributed by atoms with E-state index >= 15 is 0 Å². The van der Waals surface area contributed by atoms with E-state index in [0.29, 0.717) is 5.70 Å². The number of hydrogen-bond donors (Lipinski definition) is 0. The van der Waals surface area contributed by atoms with E-state index in [2.05, 4.69) is 21.7 Å². The number of rotatable bonds is 1. The normalized spacial score (nSPS) is 17.4. The summed E-state index contributed by atoms with van der Waals surface area (Å²) >= 11 is 1.48. The molecular formula is C15H15N3OS. The van der Waals surface area contributed by atoms with Crippen molar-refractivity contribution in [1.29, 1.82) is 0 Å². The Kier molecular flexibility index (Phi) is 3.14. The molecular weight excluding hydrogens is 270 g/mol. The van der Waals surface area contributed by atoms with Gasteiger partial charge in [0.05, 0.1) is 0 Å². The third-order valence-electron chi connectivity index (χ3n) is 3.43. The van der Waals surface area contributed by atoms with Crippen molar-refractivity contribution in [1.82, 2.24) is 9.47 Å². The summed E-state index contributed by atoms with van der Waals surface area (Å²) in [6.07, 6.45) is 5.81. The molecule has 20 heavy (non-hydrogen) atoms. The van der Waals surface area contributed by atoms with Gasteiger partial charge in [-0.15, -0.1) is 0 Å². The van der Waals surface area contributed by atoms with Crippen LogP contribution in [0.3, 0.4) is 0 Å². The maximum atomic E-state index is 12.1. The number of amidine groups is 1. The van der Waals surface area contributed by atoms with Crippen molar-refractivity contribution in [2.75, 3.05) is 13.3 Å². The summed E-state index contributed by atoms with van der Waals surface area (Å²) in [4.78, 5) is 18.1. The highest BCUT2D eigenvalue weighted by Gasteiger charge is 2.26. The van der Waals surface area contributed by atoms with E-state index in [1.807, 2.05) is 37.7 Å². The lowest BCUT2D eigenvalue weighted by Crippen LogP contribution is -2.25. The first-order valence-electron chi connectivity index (χ1n) is 6.28. The molecule has 0 saturated carbocycles. The van der Waals surface area contributed by atoms with Crippen LogP contribution in [-0.2, 0) is 11.8 Å². The molecule has 0 saturated heterocycles. The number of aryl methyl sites for hydroxylation is 1. The molecule has 1 amide bonds. The van der Waals surface area contributed by atoms with E-state index in [4.69, 9.17) is 0 Å². The molecule has 5 heteroatoms. The quantitative estimate of drug-likeness (QED) is 0.756. The second-order valence-corrected chi connectivity index (χ2v) is 5.48. The molecule has 1 aromatic heterocycles. The maximum absolute atomic E-state index is 12.1. The minimum Gasteiger partial charge on any atom is -0.350 e. The van der Waals surface area contributed by atoms with Gasteiger partial charge in [0.1, 0.15) is 5.70 Å². The van der Waals surface area contributed by atoms with Crippen LogP contribution in [0.4, 0.5) is 0 Å². The minimum absolute atomic E-state index is 0.0534. The maximum Gasteiger partial charge on any atom is 0.278 e. The first-order chi connectivity index (χ1) is 9.61. The Hall–Kier alpha value is -2.01. The zero-order chi connectivity index (χ0) is 14.3. The number of likely N-dealkylation sites (N-methyl/N-ethyl adjacent to an activating group) is 1. The molecule has 0 fully saturated rings. The van der Waals surface area contributed by atoms with Gasteiger partial charge in [0, 0.05) is 36.8 Å². The summed E-state index contributed by atoms with van der Waals surface area (Å²) in [5.41, 5.74) is 2.66. The molecule has 0 aliphatic carbocycles. The van der Waals surface area contributed by atoms with Crippen molar-refractivity contribution in [3.8, 4) is 0 Å². The Bertz CT molecular complexity index is 758. The third kappa shape index (κ3) is 1.94. The Labute approximate surface area is 121 Å². The van der Waals surface area contributed by atoms with Gasteiger partial charge in [-0.3, -0.25) is 9.69 Å². The number of thioether (sulfide) groups is 1. The molecule has 1 aliphatic rings. The smallest absolute Gasteiger partial charge is 0.278 e. The van der Waals surface area contributed by atoms with Crippen LogP contribution in [0.5, 0.6) is 0 Å². The fraction of sp³-hybridized carbons (Fsp3) is 0.200. The number of carbonyl (C=O) groups excluding carboxylic acids is 1. The molecule has 0 spiro atoms. The number of aromatic nitrogens is 1. The zero-order valence-electron chi connectivity index (χ0n) is 11.6. The predicted octanol–water partition coefficient (Wildman–Crippen LogP) is 2.71. The van der Waals surface area contributed by atoms with Crippen LogP contribution in [0, 0.1) is 0 Å². The number of benzene rings is 1. The van der Waals surface area contributed by atoms with Crippen LogP contribution in [-0.4, -0.2) is 33.8 Å². The highest BCUT2D eigenvalue weighted by molar-refractivity contribution is 8.13. The van der Waals surface area contributed by atoms with Crippen LogP contribution in [0.2, 0.25) is 0 Å². The van der Waals surface area contributed by atoms with E-state index < -0.39 is 0 Å². The van der Waals surface area contributed by atoms with Crippen molar-refractivity contribution in [3.63, 3.8) is 0 Å². The Morgan fingerprint density at radius 3 is 2.70 bits per heavy atom. The number of para-hydroxylation sites is 1. The van der Waals surface area contributed by atoms with Crippen LogP contribution in [0.1, 0.15) is 5.56 Å². The number of aliphatic imine (C=N–C) groups is 1. The molecule has 3 rings (SSSR count). The first-order valence-corrected chi connectivity index (χ1v) is 7.51. The van der Waals surface area contributed by atoms with Crippen LogP contribution >= 0.6 is 11.8 Å². The van der Waals surface area contributed by atoms with Crippen molar-refractivity contribution in [3.05, 3.63) is 41.7 Å². The van der Waals surface area contributed by atoms with Gasteiger partial charge in [0.25, 0.3) is 5.91 Å². The van der Waals surface area contributed by atoms with E-state index in [-0.39, 0.29) is 5.91 Å². The summed E-state index contributed by atoms with van der Waals surface area (Å²) in [7, 11) is 3.76. The molecule has 0 bridgehead atoms. The second kappa shape index (κ2) is 4.83. The molecule has 4 nitrogen and oxygen atoms in total. The van der Waals surface area contributed by atoms with Gasteiger partial charge in [0.15, 0.2) is 5.17 Å². The molecule has 0 N–H and O–H groups in total. The minimum atomic E-state index is -0.0534. The Morgan fingerprint density at radius 2 is 2.00 bits per heavy atom. The van der Waals surface area contributed by atoms with Crippen LogP contribution in [0.25, 0.3) is 17.0 Å². The van der Waals surface area contributed by atoms with Gasteiger partial charge < -0.3 is 4.57 Å². The van der Waals surface area contributed by atoms with Gasteiger partial charge in [-0.25, -0.2) is 4.99 Å². The largest absolute Gasteiger partial charge is 0.350 e. The highest BCUT2D eigenvalue weighted by Crippen LogP contribution is 2.26. The Morgan fingerprint density at radius 1 is 1.25 bits per heavy atom. The Balaban J connectivity index is 2.12. The summed E-state index contributed by atoms with van der Waals surface area (Å²) in [5, 5.41) is 1.87. The van der Waals surface area contributed by atoms with Crippen molar-refractivity contribution < 1.29 is 4.79 Å². The number of hydrogen-bond acceptors (Lipinski definition) is 3. The summed E-state index contributed by atoms with van der Waals surface area (Å²) < 4.78 is 2.06. The van der Waals surface area contributed by atoms with Gasteiger partial charge in [-0.2, -0.15) is 0 Å². The summed E-state index contributed by atoms with van der Waals surface area (Å²) in [5.74, 6) is -0.0534. The van der Waals surface area contributed by atoms with E-state index in [1.165, 1.54) is 11.8 Å². The number of fused-ring (bicyclic) bond motifs is 1. The van der Waals surface area contributed by atoms with Gasteiger partial charge in [0.2, 0.25) is 0 Å². The molecule has 2 aromatic rings. The van der Waals surface area contributed by atoms with E-state index in [9.17, 15) is 4.79 Å². The van der Waals surface area contributed by atoms with Gasteiger partial charge >= 0.3 is 0 Å². The molecule has 0 atom stereocenters. The second-order valence-electron chi connectivity index (χ2n) is 4.70. The molecule has 1 aliphatic heterocycles. The topological polar surface area (TPSA) is 37.6 Å². The molecule has 102 valence electrons. The van der Waals surface area contributed by atoms with Crippen LogP contribution in [0.15, 0.2) is 41.2 Å². The average Bonchev–Trinajstić information content (AvgIpc) is 2.92. The van der Waals surface area contributed by atoms with Crippen LogP contribution < -0.4 is 0 Å². The summed E-state index contributed by atoms with van der Waals surface area (Å²) in [6, 6.07) is 8.14. The monoisotopic (exact) mass is 285 g/mol. The van der Waals surface area contributed by atoms with E-state index in [1.54, 1.807) is 11.9 Å². The fourth-order valence-corrected chi connectivity index (χ4v) is 2.94. The lowest BCUT2D eigenvalue weighted by Gasteiger charge is -2.07. The average molecular weight is 285 g/mol. The standard InChI is InChI=1S/C15H15N3OS/c1-17-9-10(11-6-4-5-7-13(11)17)8-12-14(19)18(2)15(16-12)20-3/h4-9H,1-3H3/b12-8-. The van der Waals surface area contributed by atoms with Gasteiger partial charge in [-0.05, 0) is 18.4 Å². The first kappa shape index (κ1) is 13.0.